The fourth-order valence-electron chi connectivity index (χ4n) is 2.36. The maximum atomic E-state index is 12.2. The van der Waals surface area contributed by atoms with Gasteiger partial charge in [-0.3, -0.25) is 14.5 Å². The Kier molecular flexibility index (Phi) is 3.32. The first-order valence-corrected chi connectivity index (χ1v) is 7.16. The zero-order chi connectivity index (χ0) is 15.0. The van der Waals surface area contributed by atoms with Crippen LogP contribution in [0.15, 0.2) is 35.4 Å². The van der Waals surface area contributed by atoms with Crippen molar-refractivity contribution < 1.29 is 9.59 Å². The van der Waals surface area contributed by atoms with Gasteiger partial charge in [0.15, 0.2) is 0 Å². The lowest BCUT2D eigenvalue weighted by Gasteiger charge is -2.06. The lowest BCUT2D eigenvalue weighted by Crippen LogP contribution is -2.28. The summed E-state index contributed by atoms with van der Waals surface area (Å²) in [6, 6.07) is 7.92. The van der Waals surface area contributed by atoms with E-state index in [1.54, 1.807) is 6.08 Å². The van der Waals surface area contributed by atoms with Crippen molar-refractivity contribution in [1.82, 2.24) is 9.47 Å². The molecule has 2 amide bonds. The van der Waals surface area contributed by atoms with Crippen LogP contribution in [0.2, 0.25) is 0 Å². The molecule has 0 bridgehead atoms. The number of terminal acetylenes is 1. The van der Waals surface area contributed by atoms with E-state index in [-0.39, 0.29) is 17.7 Å². The average molecular weight is 296 g/mol. The molecule has 0 atom stereocenters. The van der Waals surface area contributed by atoms with Gasteiger partial charge >= 0.3 is 0 Å². The summed E-state index contributed by atoms with van der Waals surface area (Å²) < 4.78 is 1.99. The van der Waals surface area contributed by atoms with Gasteiger partial charge in [0.2, 0.25) is 0 Å². The molecule has 1 aliphatic rings. The second-order valence-corrected chi connectivity index (χ2v) is 5.68. The SMILES string of the molecule is C#CCN1C(=O)S/C(=C/c2cn(C)c3ccccc23)C1=O. The molecule has 0 saturated carbocycles. The molecule has 0 aliphatic carbocycles. The van der Waals surface area contributed by atoms with E-state index in [1.165, 1.54) is 0 Å². The number of carbonyl (C=O) groups is 2. The Labute approximate surface area is 126 Å². The number of aromatic nitrogens is 1. The van der Waals surface area contributed by atoms with E-state index >= 15 is 0 Å². The molecule has 0 radical (unpaired) electrons. The van der Waals surface area contributed by atoms with Crippen LogP contribution < -0.4 is 0 Å². The number of amides is 2. The molecule has 1 aromatic heterocycles. The molecule has 2 heterocycles. The summed E-state index contributed by atoms with van der Waals surface area (Å²) in [6.45, 7) is 0.0115. The van der Waals surface area contributed by atoms with Crippen LogP contribution in [0.1, 0.15) is 5.56 Å². The molecule has 1 aliphatic heterocycles. The molecule has 0 unspecified atom stereocenters. The van der Waals surface area contributed by atoms with Crippen molar-refractivity contribution in [3.05, 3.63) is 40.9 Å². The van der Waals surface area contributed by atoms with Crippen molar-refractivity contribution in [1.29, 1.82) is 0 Å². The van der Waals surface area contributed by atoms with Gasteiger partial charge in [-0.2, -0.15) is 0 Å². The van der Waals surface area contributed by atoms with Gasteiger partial charge in [0.05, 0.1) is 11.4 Å². The molecule has 1 fully saturated rings. The first-order valence-electron chi connectivity index (χ1n) is 6.34. The maximum absolute atomic E-state index is 12.2. The van der Waals surface area contributed by atoms with Crippen molar-refractivity contribution >= 4 is 39.9 Å². The summed E-state index contributed by atoms with van der Waals surface area (Å²) >= 11 is 0.928. The van der Waals surface area contributed by atoms with E-state index in [9.17, 15) is 9.59 Å². The minimum absolute atomic E-state index is 0.0115. The van der Waals surface area contributed by atoms with Gasteiger partial charge in [-0.05, 0) is 23.9 Å². The number of rotatable bonds is 2. The molecule has 104 valence electrons. The Hall–Kier alpha value is -2.45. The van der Waals surface area contributed by atoms with Crippen LogP contribution in [0.25, 0.3) is 17.0 Å². The molecule has 5 heteroatoms. The monoisotopic (exact) mass is 296 g/mol. The van der Waals surface area contributed by atoms with E-state index < -0.39 is 0 Å². The zero-order valence-corrected chi connectivity index (χ0v) is 12.2. The molecule has 1 saturated heterocycles. The smallest absolute Gasteiger partial charge is 0.294 e. The number of thioether (sulfide) groups is 1. The number of para-hydroxylation sites is 1. The predicted octanol–water partition coefficient (Wildman–Crippen LogP) is 2.85. The number of carbonyl (C=O) groups excluding carboxylic acids is 2. The largest absolute Gasteiger partial charge is 0.350 e. The minimum atomic E-state index is -0.323. The van der Waals surface area contributed by atoms with Crippen LogP contribution in [-0.4, -0.2) is 27.2 Å². The van der Waals surface area contributed by atoms with Crippen molar-refractivity contribution in [2.75, 3.05) is 6.54 Å². The molecule has 0 N–H and O–H groups in total. The third-order valence-electron chi connectivity index (χ3n) is 3.34. The fraction of sp³-hybridized carbons (Fsp3) is 0.125. The van der Waals surface area contributed by atoms with Gasteiger partial charge in [0.25, 0.3) is 11.1 Å². The summed E-state index contributed by atoms with van der Waals surface area (Å²) in [5.74, 6) is 2.00. The highest BCUT2D eigenvalue weighted by Crippen LogP contribution is 2.33. The number of hydrogen-bond acceptors (Lipinski definition) is 3. The molecule has 0 spiro atoms. The number of benzene rings is 1. The van der Waals surface area contributed by atoms with E-state index in [2.05, 4.69) is 5.92 Å². The van der Waals surface area contributed by atoms with Crippen LogP contribution in [0.3, 0.4) is 0 Å². The first-order chi connectivity index (χ1) is 10.1. The molecule has 4 nitrogen and oxygen atoms in total. The van der Waals surface area contributed by atoms with E-state index in [0.717, 1.165) is 33.1 Å². The standard InChI is InChI=1S/C16H12N2O2S/c1-3-8-18-15(19)14(21-16(18)20)9-11-10-17(2)13-7-5-4-6-12(11)13/h1,4-7,9-10H,8H2,2H3/b14-9+. The summed E-state index contributed by atoms with van der Waals surface area (Å²) in [5, 5.41) is 0.730. The zero-order valence-electron chi connectivity index (χ0n) is 11.4. The van der Waals surface area contributed by atoms with E-state index in [0.29, 0.717) is 4.91 Å². The van der Waals surface area contributed by atoms with Crippen molar-refractivity contribution in [3.63, 3.8) is 0 Å². The Balaban J connectivity index is 2.04. The lowest BCUT2D eigenvalue weighted by molar-refractivity contribution is -0.122. The number of aryl methyl sites for hydroxylation is 1. The summed E-state index contributed by atoms with van der Waals surface area (Å²) in [7, 11) is 1.95. The lowest BCUT2D eigenvalue weighted by atomic mass is 10.1. The number of fused-ring (bicyclic) bond motifs is 1. The Morgan fingerprint density at radius 2 is 2.10 bits per heavy atom. The van der Waals surface area contributed by atoms with Crippen LogP contribution in [0.5, 0.6) is 0 Å². The molecule has 21 heavy (non-hydrogen) atoms. The van der Waals surface area contributed by atoms with Crippen LogP contribution in [0.4, 0.5) is 4.79 Å². The van der Waals surface area contributed by atoms with Crippen LogP contribution in [0, 0.1) is 12.3 Å². The maximum Gasteiger partial charge on any atom is 0.294 e. The predicted molar refractivity (Wildman–Crippen MR) is 84.4 cm³/mol. The van der Waals surface area contributed by atoms with Gasteiger partial charge in [-0.25, -0.2) is 0 Å². The van der Waals surface area contributed by atoms with Gasteiger partial charge in [0, 0.05) is 29.7 Å². The summed E-state index contributed by atoms with van der Waals surface area (Å²) in [5.41, 5.74) is 1.99. The van der Waals surface area contributed by atoms with Crippen molar-refractivity contribution in [3.8, 4) is 12.3 Å². The fourth-order valence-corrected chi connectivity index (χ4v) is 3.19. The highest BCUT2D eigenvalue weighted by atomic mass is 32.2. The second kappa shape index (κ2) is 5.15. The quantitative estimate of drug-likeness (QED) is 0.632. The third kappa shape index (κ3) is 2.24. The molecule has 2 aromatic rings. The van der Waals surface area contributed by atoms with Gasteiger partial charge in [0.1, 0.15) is 0 Å². The van der Waals surface area contributed by atoms with Crippen molar-refractivity contribution in [2.24, 2.45) is 7.05 Å². The van der Waals surface area contributed by atoms with Gasteiger partial charge in [-0.1, -0.05) is 24.1 Å². The van der Waals surface area contributed by atoms with E-state index in [4.69, 9.17) is 6.42 Å². The van der Waals surface area contributed by atoms with Crippen molar-refractivity contribution in [2.45, 2.75) is 0 Å². The topological polar surface area (TPSA) is 42.3 Å². The Morgan fingerprint density at radius 1 is 1.33 bits per heavy atom. The second-order valence-electron chi connectivity index (χ2n) is 4.68. The molecule has 1 aromatic carbocycles. The van der Waals surface area contributed by atoms with Gasteiger partial charge < -0.3 is 4.57 Å². The van der Waals surface area contributed by atoms with Gasteiger partial charge in [-0.15, -0.1) is 6.42 Å². The van der Waals surface area contributed by atoms with Crippen LogP contribution >= 0.6 is 11.8 Å². The molecular weight excluding hydrogens is 284 g/mol. The minimum Gasteiger partial charge on any atom is -0.350 e. The Morgan fingerprint density at radius 3 is 2.86 bits per heavy atom. The van der Waals surface area contributed by atoms with E-state index in [1.807, 2.05) is 42.1 Å². The first kappa shape index (κ1) is 13.5. The van der Waals surface area contributed by atoms with Crippen LogP contribution in [-0.2, 0) is 11.8 Å². The molecular formula is C16H12N2O2S. The third-order valence-corrected chi connectivity index (χ3v) is 4.24. The average Bonchev–Trinajstić information content (AvgIpc) is 2.93. The number of hydrogen-bond donors (Lipinski definition) is 0. The summed E-state index contributed by atoms with van der Waals surface area (Å²) in [6.07, 6.45) is 8.88. The highest BCUT2D eigenvalue weighted by molar-refractivity contribution is 8.18. The Bertz CT molecular complexity index is 826. The summed E-state index contributed by atoms with van der Waals surface area (Å²) in [4.78, 5) is 25.4. The number of nitrogens with zero attached hydrogens (tertiary/aromatic N) is 2. The molecule has 3 rings (SSSR count). The normalized spacial score (nSPS) is 17.0. The number of imide groups is 1. The highest BCUT2D eigenvalue weighted by Gasteiger charge is 2.34.